The van der Waals surface area contributed by atoms with Crippen LogP contribution in [0.25, 0.3) is 11.0 Å². The fraction of sp³-hybridized carbons (Fsp3) is 0.250. The number of para-hydroxylation sites is 4. The molecular weight excluding hydrogens is 456 g/mol. The molecular formula is C28H30N4O4. The number of ether oxygens (including phenoxy) is 2. The third-order valence-corrected chi connectivity index (χ3v) is 5.94. The van der Waals surface area contributed by atoms with Gasteiger partial charge in [0.05, 0.1) is 42.5 Å². The third kappa shape index (κ3) is 5.39. The van der Waals surface area contributed by atoms with Crippen molar-refractivity contribution in [1.82, 2.24) is 14.5 Å². The van der Waals surface area contributed by atoms with Crippen LogP contribution in [0.2, 0.25) is 0 Å². The maximum Gasteiger partial charge on any atom is 0.322 e. The first-order valence-corrected chi connectivity index (χ1v) is 11.8. The molecule has 1 aromatic heterocycles. The molecule has 0 bridgehead atoms. The number of carbonyl (C=O) groups excluding carboxylic acids is 1. The molecule has 0 saturated heterocycles. The molecule has 3 aromatic carbocycles. The lowest BCUT2D eigenvalue weighted by Gasteiger charge is -2.32. The molecule has 0 spiro atoms. The van der Waals surface area contributed by atoms with Gasteiger partial charge in [0, 0.05) is 14.2 Å². The Morgan fingerprint density at radius 3 is 2.47 bits per heavy atom. The van der Waals surface area contributed by atoms with Crippen molar-refractivity contribution in [1.29, 1.82) is 0 Å². The van der Waals surface area contributed by atoms with Crippen LogP contribution in [-0.4, -0.2) is 40.8 Å². The Morgan fingerprint density at radius 1 is 1.03 bits per heavy atom. The molecule has 2 amide bonds. The summed E-state index contributed by atoms with van der Waals surface area (Å²) in [5.74, 6) is 0.566. The number of hydrogen-bond donors (Lipinski definition) is 1. The van der Waals surface area contributed by atoms with E-state index in [1.807, 2.05) is 73.7 Å². The number of fused-ring (bicyclic) bond motifs is 1. The molecule has 8 heteroatoms. The van der Waals surface area contributed by atoms with E-state index in [4.69, 9.17) is 9.47 Å². The molecule has 1 N–H and O–H groups in total. The predicted octanol–water partition coefficient (Wildman–Crippen LogP) is 4.75. The molecule has 4 rings (SSSR count). The molecule has 0 aliphatic heterocycles. The van der Waals surface area contributed by atoms with Crippen LogP contribution in [0, 0.1) is 0 Å². The largest absolute Gasteiger partial charge is 0.492 e. The van der Waals surface area contributed by atoms with Gasteiger partial charge < -0.3 is 24.3 Å². The van der Waals surface area contributed by atoms with Crippen LogP contribution in [0.5, 0.6) is 5.75 Å². The summed E-state index contributed by atoms with van der Waals surface area (Å²) in [7, 11) is 3.30. The predicted molar refractivity (Wildman–Crippen MR) is 140 cm³/mol. The Balaban J connectivity index is 1.77. The van der Waals surface area contributed by atoms with Crippen molar-refractivity contribution < 1.29 is 14.3 Å². The second kappa shape index (κ2) is 11.5. The average Bonchev–Trinajstić information content (AvgIpc) is 2.90. The molecule has 1 heterocycles. The molecule has 8 nitrogen and oxygen atoms in total. The maximum atomic E-state index is 13.8. The normalized spacial score (nSPS) is 11.8. The smallest absolute Gasteiger partial charge is 0.322 e. The number of anilines is 1. The minimum atomic E-state index is -0.464. The van der Waals surface area contributed by atoms with E-state index in [1.165, 1.54) is 0 Å². The van der Waals surface area contributed by atoms with E-state index in [2.05, 4.69) is 10.3 Å². The van der Waals surface area contributed by atoms with Gasteiger partial charge in [-0.15, -0.1) is 0 Å². The van der Waals surface area contributed by atoms with E-state index >= 15 is 0 Å². The second-order valence-corrected chi connectivity index (χ2v) is 8.28. The van der Waals surface area contributed by atoms with Crippen LogP contribution < -0.4 is 15.6 Å². The van der Waals surface area contributed by atoms with Gasteiger partial charge in [-0.05, 0) is 36.8 Å². The molecule has 0 radical (unpaired) electrons. The SMILES string of the molecule is CCOc1ccccc1NC(=O)N(Cc1nc2ccccc2n(C)c1=O)[C@H](COC)c1ccccc1. The molecule has 0 unspecified atom stereocenters. The zero-order valence-corrected chi connectivity index (χ0v) is 20.7. The van der Waals surface area contributed by atoms with Gasteiger partial charge >= 0.3 is 6.03 Å². The topological polar surface area (TPSA) is 85.7 Å². The highest BCUT2D eigenvalue weighted by Crippen LogP contribution is 2.28. The van der Waals surface area contributed by atoms with Gasteiger partial charge in [0.25, 0.3) is 5.56 Å². The van der Waals surface area contributed by atoms with Crippen molar-refractivity contribution >= 4 is 22.8 Å². The average molecular weight is 487 g/mol. The van der Waals surface area contributed by atoms with E-state index in [1.54, 1.807) is 35.8 Å². The summed E-state index contributed by atoms with van der Waals surface area (Å²) in [5, 5.41) is 2.97. The number of amides is 2. The number of rotatable bonds is 9. The summed E-state index contributed by atoms with van der Waals surface area (Å²) in [5.41, 5.74) is 2.83. The van der Waals surface area contributed by atoms with Crippen molar-refractivity contribution in [2.24, 2.45) is 7.05 Å². The Morgan fingerprint density at radius 2 is 1.72 bits per heavy atom. The van der Waals surface area contributed by atoms with Crippen LogP contribution in [0.1, 0.15) is 24.2 Å². The molecule has 0 aliphatic rings. The zero-order valence-electron chi connectivity index (χ0n) is 20.7. The van der Waals surface area contributed by atoms with Crippen molar-refractivity contribution in [2.75, 3.05) is 25.6 Å². The monoisotopic (exact) mass is 486 g/mol. The molecule has 0 aliphatic carbocycles. The van der Waals surface area contributed by atoms with Crippen LogP contribution >= 0.6 is 0 Å². The maximum absolute atomic E-state index is 13.8. The number of aromatic nitrogens is 2. The molecule has 4 aromatic rings. The number of carbonyl (C=O) groups is 1. The number of urea groups is 1. The van der Waals surface area contributed by atoms with E-state index in [-0.39, 0.29) is 24.4 Å². The number of hydrogen-bond acceptors (Lipinski definition) is 5. The summed E-state index contributed by atoms with van der Waals surface area (Å²) < 4.78 is 12.8. The number of methoxy groups -OCH3 is 1. The summed E-state index contributed by atoms with van der Waals surface area (Å²) in [6, 6.07) is 23.4. The number of nitrogens with zero attached hydrogens (tertiary/aromatic N) is 3. The highest BCUT2D eigenvalue weighted by Gasteiger charge is 2.28. The second-order valence-electron chi connectivity index (χ2n) is 8.28. The Bertz CT molecular complexity index is 1390. The van der Waals surface area contributed by atoms with Gasteiger partial charge in [-0.3, -0.25) is 4.79 Å². The minimum Gasteiger partial charge on any atom is -0.492 e. The molecule has 36 heavy (non-hydrogen) atoms. The first-order chi connectivity index (χ1) is 17.5. The fourth-order valence-corrected chi connectivity index (χ4v) is 4.16. The lowest BCUT2D eigenvalue weighted by atomic mass is 10.1. The molecule has 0 saturated carbocycles. The van der Waals surface area contributed by atoms with Crippen molar-refractivity contribution in [3.63, 3.8) is 0 Å². The van der Waals surface area contributed by atoms with Gasteiger partial charge in [0.15, 0.2) is 0 Å². The Labute approximate surface area is 210 Å². The third-order valence-electron chi connectivity index (χ3n) is 5.94. The van der Waals surface area contributed by atoms with Gasteiger partial charge in [-0.25, -0.2) is 9.78 Å². The van der Waals surface area contributed by atoms with Gasteiger partial charge in [0.2, 0.25) is 0 Å². The minimum absolute atomic E-state index is 0.0108. The zero-order chi connectivity index (χ0) is 25.5. The summed E-state index contributed by atoms with van der Waals surface area (Å²) in [6.45, 7) is 2.57. The Hall–Kier alpha value is -4.17. The van der Waals surface area contributed by atoms with Gasteiger partial charge in [0.1, 0.15) is 11.4 Å². The molecule has 186 valence electrons. The number of aryl methyl sites for hydroxylation is 1. The Kier molecular flexibility index (Phi) is 7.97. The summed E-state index contributed by atoms with van der Waals surface area (Å²) in [6.07, 6.45) is 0. The lowest BCUT2D eigenvalue weighted by Crippen LogP contribution is -2.41. The van der Waals surface area contributed by atoms with Crippen molar-refractivity contribution in [3.8, 4) is 5.75 Å². The van der Waals surface area contributed by atoms with Gasteiger partial charge in [-0.2, -0.15) is 0 Å². The van der Waals surface area contributed by atoms with E-state index < -0.39 is 12.1 Å². The fourth-order valence-electron chi connectivity index (χ4n) is 4.16. The first-order valence-electron chi connectivity index (χ1n) is 11.8. The van der Waals surface area contributed by atoms with E-state index in [0.29, 0.717) is 23.6 Å². The highest BCUT2D eigenvalue weighted by molar-refractivity contribution is 5.91. The van der Waals surface area contributed by atoms with E-state index in [0.717, 1.165) is 11.1 Å². The first kappa shape index (κ1) is 24.9. The summed E-state index contributed by atoms with van der Waals surface area (Å²) >= 11 is 0. The van der Waals surface area contributed by atoms with Crippen LogP contribution in [0.3, 0.4) is 0 Å². The number of benzene rings is 3. The summed E-state index contributed by atoms with van der Waals surface area (Å²) in [4.78, 5) is 33.2. The highest BCUT2D eigenvalue weighted by atomic mass is 16.5. The van der Waals surface area contributed by atoms with Crippen LogP contribution in [0.4, 0.5) is 10.5 Å². The number of nitrogens with one attached hydrogen (secondary N) is 1. The molecule has 1 atom stereocenters. The van der Waals surface area contributed by atoms with Crippen LogP contribution in [-0.2, 0) is 18.3 Å². The van der Waals surface area contributed by atoms with Gasteiger partial charge in [-0.1, -0.05) is 54.6 Å². The van der Waals surface area contributed by atoms with Crippen molar-refractivity contribution in [3.05, 3.63) is 100 Å². The molecule has 0 fully saturated rings. The van der Waals surface area contributed by atoms with Crippen molar-refractivity contribution in [2.45, 2.75) is 19.5 Å². The lowest BCUT2D eigenvalue weighted by molar-refractivity contribution is 0.104. The standard InChI is InChI=1S/C28H30N4O4/c1-4-36-26-17-11-9-15-22(26)30-28(34)32(25(19-35-3)20-12-6-5-7-13-20)18-23-27(33)31(2)24-16-10-8-14-21(24)29-23/h5-17,25H,4,18-19H2,1-3H3,(H,30,34)/t25-/m1/s1. The van der Waals surface area contributed by atoms with E-state index in [9.17, 15) is 9.59 Å². The quantitative estimate of drug-likeness (QED) is 0.369. The van der Waals surface area contributed by atoms with Crippen LogP contribution in [0.15, 0.2) is 83.7 Å².